The maximum Gasteiger partial charge on any atom is 0.152 e. The summed E-state index contributed by atoms with van der Waals surface area (Å²) in [5.41, 5.74) is 0.902. The molecule has 0 bridgehead atoms. The highest BCUT2D eigenvalue weighted by atomic mass is 35.5. The third kappa shape index (κ3) is 3.15. The monoisotopic (exact) mass is 318 g/mol. The first kappa shape index (κ1) is 15.3. The summed E-state index contributed by atoms with van der Waals surface area (Å²) in [7, 11) is 0. The second-order valence-corrected chi connectivity index (χ2v) is 5.21. The topological polar surface area (TPSA) is 45.0 Å². The molecule has 2 aromatic rings. The highest BCUT2D eigenvalue weighted by Crippen LogP contribution is 2.42. The van der Waals surface area contributed by atoms with Crippen molar-refractivity contribution in [2.45, 2.75) is 0 Å². The van der Waals surface area contributed by atoms with Crippen molar-refractivity contribution in [3.05, 3.63) is 66.4 Å². The third-order valence-corrected chi connectivity index (χ3v) is 3.29. The van der Waals surface area contributed by atoms with E-state index in [9.17, 15) is 5.11 Å². The molecule has 2 rings (SSSR count). The van der Waals surface area contributed by atoms with Crippen LogP contribution in [0.25, 0.3) is 15.8 Å². The van der Waals surface area contributed by atoms with Crippen LogP contribution in [0.3, 0.4) is 0 Å². The van der Waals surface area contributed by atoms with Crippen LogP contribution in [0.5, 0.6) is 5.75 Å². The van der Waals surface area contributed by atoms with Crippen molar-refractivity contribution in [1.82, 2.24) is 0 Å². The average molecular weight is 319 g/mol. The largest absolute Gasteiger partial charge is 0.505 e. The lowest BCUT2D eigenvalue weighted by molar-refractivity contribution is 0.475. The lowest BCUT2D eigenvalue weighted by atomic mass is 10.0. The Morgan fingerprint density at radius 2 is 1.76 bits per heavy atom. The molecule has 0 aliphatic carbocycles. The Morgan fingerprint density at radius 1 is 1.10 bits per heavy atom. The molecule has 0 aromatic heterocycles. The summed E-state index contributed by atoms with van der Waals surface area (Å²) in [6.07, 6.45) is 0. The molecule has 21 heavy (non-hydrogen) atoms. The van der Waals surface area contributed by atoms with Gasteiger partial charge in [-0.2, -0.15) is 0 Å². The predicted octanol–water partition coefficient (Wildman–Crippen LogP) is 6.10. The minimum Gasteiger partial charge on any atom is -0.505 e. The number of phenolic OH excluding ortho intramolecular Hbond substituents is 1. The van der Waals surface area contributed by atoms with E-state index in [1.807, 2.05) is 24.3 Å². The number of benzene rings is 2. The number of fused-ring (bicyclic) bond motifs is 1. The standard InChI is InChI=1S/C16H12Cl2N2O/c1-9(17)11(3)19-20-15-13-7-5-4-6-12(13)8-14(10(2)18)16(15)21/h4-8,21H,1-3H2. The maximum absolute atomic E-state index is 10.3. The maximum atomic E-state index is 10.3. The summed E-state index contributed by atoms with van der Waals surface area (Å²) >= 11 is 11.6. The summed E-state index contributed by atoms with van der Waals surface area (Å²) in [5, 5.41) is 20.2. The number of hydrogen-bond acceptors (Lipinski definition) is 3. The Balaban J connectivity index is 2.70. The molecule has 5 heteroatoms. The molecule has 0 radical (unpaired) electrons. The number of rotatable bonds is 4. The summed E-state index contributed by atoms with van der Waals surface area (Å²) in [6.45, 7) is 10.8. The molecule has 0 aliphatic rings. The van der Waals surface area contributed by atoms with E-state index in [-0.39, 0.29) is 27.2 Å². The van der Waals surface area contributed by atoms with Crippen LogP contribution < -0.4 is 0 Å². The number of halogens is 2. The van der Waals surface area contributed by atoms with Crippen LogP contribution in [-0.4, -0.2) is 5.11 Å². The number of hydrogen-bond donors (Lipinski definition) is 1. The van der Waals surface area contributed by atoms with E-state index in [4.69, 9.17) is 23.2 Å². The van der Waals surface area contributed by atoms with E-state index in [1.165, 1.54) is 0 Å². The van der Waals surface area contributed by atoms with Gasteiger partial charge in [0.1, 0.15) is 5.69 Å². The van der Waals surface area contributed by atoms with Crippen LogP contribution in [0, 0.1) is 0 Å². The third-order valence-electron chi connectivity index (χ3n) is 2.87. The van der Waals surface area contributed by atoms with E-state index in [0.29, 0.717) is 5.56 Å². The van der Waals surface area contributed by atoms with E-state index >= 15 is 0 Å². The minimum atomic E-state index is -0.0922. The molecule has 0 atom stereocenters. The predicted molar refractivity (Wildman–Crippen MR) is 89.1 cm³/mol. The fraction of sp³-hybridized carbons (Fsp3) is 0. The normalized spacial score (nSPS) is 11.0. The molecule has 0 heterocycles. The molecular weight excluding hydrogens is 307 g/mol. The van der Waals surface area contributed by atoms with E-state index in [1.54, 1.807) is 6.07 Å². The van der Waals surface area contributed by atoms with Crippen molar-refractivity contribution in [2.75, 3.05) is 0 Å². The van der Waals surface area contributed by atoms with Crippen LogP contribution in [-0.2, 0) is 0 Å². The zero-order valence-corrected chi connectivity index (χ0v) is 12.6. The number of nitrogens with zero attached hydrogens (tertiary/aromatic N) is 2. The van der Waals surface area contributed by atoms with E-state index in [0.717, 1.165) is 10.8 Å². The molecule has 0 spiro atoms. The van der Waals surface area contributed by atoms with Crippen molar-refractivity contribution >= 4 is 44.7 Å². The second kappa shape index (κ2) is 6.12. The molecule has 0 amide bonds. The van der Waals surface area contributed by atoms with Gasteiger partial charge in [0.25, 0.3) is 0 Å². The van der Waals surface area contributed by atoms with Crippen molar-refractivity contribution in [3.63, 3.8) is 0 Å². The van der Waals surface area contributed by atoms with Gasteiger partial charge in [-0.15, -0.1) is 10.2 Å². The number of phenols is 1. The van der Waals surface area contributed by atoms with Crippen molar-refractivity contribution in [1.29, 1.82) is 0 Å². The van der Waals surface area contributed by atoms with Crippen molar-refractivity contribution in [3.8, 4) is 5.75 Å². The molecule has 1 N–H and O–H groups in total. The van der Waals surface area contributed by atoms with Crippen LogP contribution in [0.1, 0.15) is 5.56 Å². The lowest BCUT2D eigenvalue weighted by Gasteiger charge is -2.09. The average Bonchev–Trinajstić information content (AvgIpc) is 2.45. The Labute approximate surface area is 132 Å². The summed E-state index contributed by atoms with van der Waals surface area (Å²) < 4.78 is 0. The van der Waals surface area contributed by atoms with Gasteiger partial charge in [-0.3, -0.25) is 0 Å². The van der Waals surface area contributed by atoms with E-state index < -0.39 is 0 Å². The second-order valence-electron chi connectivity index (χ2n) is 4.30. The molecule has 2 aromatic carbocycles. The van der Waals surface area contributed by atoms with Gasteiger partial charge in [0.15, 0.2) is 5.75 Å². The molecular formula is C16H12Cl2N2O. The first-order chi connectivity index (χ1) is 9.91. The fourth-order valence-electron chi connectivity index (χ4n) is 1.79. The Bertz CT molecular complexity index is 794. The first-order valence-electron chi connectivity index (χ1n) is 5.96. The van der Waals surface area contributed by atoms with Gasteiger partial charge in [-0.1, -0.05) is 67.2 Å². The quantitative estimate of drug-likeness (QED) is 0.536. The van der Waals surface area contributed by atoms with Gasteiger partial charge < -0.3 is 5.11 Å². The Kier molecular flexibility index (Phi) is 4.46. The molecule has 0 unspecified atom stereocenters. The minimum absolute atomic E-state index is 0.0922. The summed E-state index contributed by atoms with van der Waals surface area (Å²) in [5.74, 6) is -0.0922. The Morgan fingerprint density at radius 3 is 2.38 bits per heavy atom. The van der Waals surface area contributed by atoms with Crippen LogP contribution >= 0.6 is 23.2 Å². The number of aromatic hydroxyl groups is 1. The smallest absolute Gasteiger partial charge is 0.152 e. The van der Waals surface area contributed by atoms with Gasteiger partial charge >= 0.3 is 0 Å². The van der Waals surface area contributed by atoms with E-state index in [2.05, 4.69) is 30.0 Å². The first-order valence-corrected chi connectivity index (χ1v) is 6.72. The highest BCUT2D eigenvalue weighted by Gasteiger charge is 2.14. The van der Waals surface area contributed by atoms with Gasteiger partial charge in [-0.25, -0.2) is 0 Å². The molecule has 0 aliphatic heterocycles. The Hall–Kier alpha value is -2.10. The molecule has 106 valence electrons. The van der Waals surface area contributed by atoms with Gasteiger partial charge in [0, 0.05) is 16.0 Å². The number of allylic oxidation sites excluding steroid dienone is 1. The van der Waals surface area contributed by atoms with Crippen LogP contribution in [0.15, 0.2) is 71.0 Å². The molecule has 0 fully saturated rings. The highest BCUT2D eigenvalue weighted by molar-refractivity contribution is 6.48. The van der Waals surface area contributed by atoms with Gasteiger partial charge in [-0.05, 0) is 11.5 Å². The SMILES string of the molecule is C=C(Cl)C(=C)N=Nc1c(O)c(C(=C)Cl)cc2ccccc12. The fourth-order valence-corrected chi connectivity index (χ4v) is 1.97. The number of azo groups is 1. The summed E-state index contributed by atoms with van der Waals surface area (Å²) in [4.78, 5) is 0. The zero-order valence-electron chi connectivity index (χ0n) is 11.1. The zero-order chi connectivity index (χ0) is 15.6. The summed E-state index contributed by atoms with van der Waals surface area (Å²) in [6, 6.07) is 9.16. The van der Waals surface area contributed by atoms with Gasteiger partial charge in [0.2, 0.25) is 0 Å². The molecule has 0 saturated heterocycles. The van der Waals surface area contributed by atoms with Crippen LogP contribution in [0.2, 0.25) is 0 Å². The molecule has 0 saturated carbocycles. The van der Waals surface area contributed by atoms with Crippen molar-refractivity contribution in [2.24, 2.45) is 10.2 Å². The lowest BCUT2D eigenvalue weighted by Crippen LogP contribution is -1.83. The van der Waals surface area contributed by atoms with Gasteiger partial charge in [0.05, 0.1) is 10.7 Å². The van der Waals surface area contributed by atoms with Crippen molar-refractivity contribution < 1.29 is 5.11 Å². The molecule has 3 nitrogen and oxygen atoms in total. The van der Waals surface area contributed by atoms with Crippen LogP contribution in [0.4, 0.5) is 5.69 Å².